The Bertz CT molecular complexity index is 574. The average molecular weight is 270 g/mol. The van der Waals surface area contributed by atoms with E-state index < -0.39 is 0 Å². The van der Waals surface area contributed by atoms with Gasteiger partial charge in [-0.1, -0.05) is 6.07 Å². The first-order chi connectivity index (χ1) is 9.74. The minimum Gasteiger partial charge on any atom is -0.385 e. The summed E-state index contributed by atoms with van der Waals surface area (Å²) in [6, 6.07) is 5.94. The van der Waals surface area contributed by atoms with Gasteiger partial charge in [0.15, 0.2) is 0 Å². The van der Waals surface area contributed by atoms with E-state index in [2.05, 4.69) is 5.32 Å². The first kappa shape index (κ1) is 11.9. The molecule has 4 heteroatoms. The number of rotatable bonds is 1. The SMILES string of the molecule is O=C1C2CCC(C2)C(=O)N1c1ccc2c(c1)NCCC2. The van der Waals surface area contributed by atoms with E-state index in [4.69, 9.17) is 0 Å². The van der Waals surface area contributed by atoms with Gasteiger partial charge in [-0.15, -0.1) is 0 Å². The summed E-state index contributed by atoms with van der Waals surface area (Å²) in [6.07, 6.45) is 4.70. The largest absolute Gasteiger partial charge is 0.385 e. The van der Waals surface area contributed by atoms with Gasteiger partial charge in [0.1, 0.15) is 0 Å². The summed E-state index contributed by atoms with van der Waals surface area (Å²) in [6.45, 7) is 0.962. The van der Waals surface area contributed by atoms with Crippen molar-refractivity contribution in [3.63, 3.8) is 0 Å². The van der Waals surface area contributed by atoms with Crippen molar-refractivity contribution < 1.29 is 9.59 Å². The second-order valence-electron chi connectivity index (χ2n) is 6.09. The van der Waals surface area contributed by atoms with Crippen molar-refractivity contribution in [1.82, 2.24) is 0 Å². The standard InChI is InChI=1S/C16H18N2O2/c19-15-11-3-4-12(8-11)16(20)18(15)13-6-5-10-2-1-7-17-14(10)9-13/h5-6,9,11-12,17H,1-4,7-8H2. The molecule has 2 amide bonds. The van der Waals surface area contributed by atoms with E-state index in [0.29, 0.717) is 0 Å². The monoisotopic (exact) mass is 270 g/mol. The number of nitrogens with one attached hydrogen (secondary N) is 1. The molecule has 1 aromatic rings. The molecule has 2 fully saturated rings. The lowest BCUT2D eigenvalue weighted by Crippen LogP contribution is -2.46. The minimum absolute atomic E-state index is 0.000454. The van der Waals surface area contributed by atoms with Crippen molar-refractivity contribution in [2.45, 2.75) is 32.1 Å². The molecule has 2 unspecified atom stereocenters. The fourth-order valence-corrected chi connectivity index (χ4v) is 3.75. The third-order valence-electron chi connectivity index (χ3n) is 4.86. The Labute approximate surface area is 118 Å². The van der Waals surface area contributed by atoms with E-state index in [-0.39, 0.29) is 23.7 Å². The number of benzene rings is 1. The van der Waals surface area contributed by atoms with E-state index in [1.165, 1.54) is 10.5 Å². The van der Waals surface area contributed by atoms with Crippen LogP contribution in [-0.4, -0.2) is 18.4 Å². The van der Waals surface area contributed by atoms with Gasteiger partial charge in [0.25, 0.3) is 0 Å². The third-order valence-corrected chi connectivity index (χ3v) is 4.86. The zero-order chi connectivity index (χ0) is 13.7. The molecule has 104 valence electrons. The number of hydrogen-bond donors (Lipinski definition) is 1. The van der Waals surface area contributed by atoms with Crippen molar-refractivity contribution in [1.29, 1.82) is 0 Å². The fourth-order valence-electron chi connectivity index (χ4n) is 3.75. The van der Waals surface area contributed by atoms with Gasteiger partial charge >= 0.3 is 0 Å². The number of imide groups is 1. The molecule has 1 saturated carbocycles. The molecule has 3 aliphatic rings. The van der Waals surface area contributed by atoms with Crippen LogP contribution in [0.2, 0.25) is 0 Å². The molecule has 1 aliphatic carbocycles. The van der Waals surface area contributed by atoms with Gasteiger partial charge in [0.05, 0.1) is 5.69 Å². The number of aryl methyl sites for hydroxylation is 1. The van der Waals surface area contributed by atoms with Crippen LogP contribution >= 0.6 is 0 Å². The quantitative estimate of drug-likeness (QED) is 0.797. The highest BCUT2D eigenvalue weighted by molar-refractivity contribution is 6.18. The first-order valence-electron chi connectivity index (χ1n) is 7.48. The highest BCUT2D eigenvalue weighted by Gasteiger charge is 2.45. The van der Waals surface area contributed by atoms with Crippen molar-refractivity contribution in [3.8, 4) is 0 Å². The smallest absolute Gasteiger partial charge is 0.236 e. The number of piperidine rings is 1. The Morgan fingerprint density at radius 1 is 1.10 bits per heavy atom. The Hall–Kier alpha value is -1.84. The van der Waals surface area contributed by atoms with Gasteiger partial charge in [0, 0.05) is 24.1 Å². The summed E-state index contributed by atoms with van der Waals surface area (Å²) in [7, 11) is 0. The lowest BCUT2D eigenvalue weighted by atomic mass is 9.95. The molecule has 0 aromatic heterocycles. The van der Waals surface area contributed by atoms with Gasteiger partial charge in [-0.3, -0.25) is 14.5 Å². The zero-order valence-electron chi connectivity index (χ0n) is 11.4. The van der Waals surface area contributed by atoms with Crippen LogP contribution in [-0.2, 0) is 16.0 Å². The number of anilines is 2. The average Bonchev–Trinajstić information content (AvgIpc) is 2.92. The number of hydrogen-bond acceptors (Lipinski definition) is 3. The number of fused-ring (bicyclic) bond motifs is 3. The maximum atomic E-state index is 12.4. The Balaban J connectivity index is 1.73. The maximum absolute atomic E-state index is 12.4. The number of amides is 2. The van der Waals surface area contributed by atoms with Gasteiger partial charge in [-0.25, -0.2) is 0 Å². The molecule has 2 heterocycles. The normalized spacial score (nSPS) is 28.3. The summed E-state index contributed by atoms with van der Waals surface area (Å²) in [5, 5.41) is 3.36. The molecule has 4 nitrogen and oxygen atoms in total. The Morgan fingerprint density at radius 2 is 1.85 bits per heavy atom. The highest BCUT2D eigenvalue weighted by atomic mass is 16.2. The Kier molecular flexibility index (Phi) is 2.59. The highest BCUT2D eigenvalue weighted by Crippen LogP contribution is 2.40. The summed E-state index contributed by atoms with van der Waals surface area (Å²) < 4.78 is 0. The first-order valence-corrected chi connectivity index (χ1v) is 7.48. The minimum atomic E-state index is -0.000454. The second-order valence-corrected chi connectivity index (χ2v) is 6.09. The molecule has 1 N–H and O–H groups in total. The lowest BCUT2D eigenvalue weighted by molar-refractivity contribution is -0.132. The second kappa shape index (κ2) is 4.33. The molecule has 2 aliphatic heterocycles. The van der Waals surface area contributed by atoms with E-state index >= 15 is 0 Å². The van der Waals surface area contributed by atoms with Crippen LogP contribution in [0.15, 0.2) is 18.2 Å². The van der Waals surface area contributed by atoms with Gasteiger partial charge in [0.2, 0.25) is 11.8 Å². The van der Waals surface area contributed by atoms with E-state index in [1.54, 1.807) is 0 Å². The molecule has 0 radical (unpaired) electrons. The van der Waals surface area contributed by atoms with E-state index in [9.17, 15) is 9.59 Å². The van der Waals surface area contributed by atoms with Crippen molar-refractivity contribution in [2.75, 3.05) is 16.8 Å². The number of nitrogens with zero attached hydrogens (tertiary/aromatic N) is 1. The lowest BCUT2D eigenvalue weighted by Gasteiger charge is -2.30. The number of carbonyl (C=O) groups is 2. The van der Waals surface area contributed by atoms with Crippen LogP contribution in [0.3, 0.4) is 0 Å². The molecule has 1 saturated heterocycles. The third kappa shape index (κ3) is 1.67. The van der Waals surface area contributed by atoms with Crippen LogP contribution in [0.1, 0.15) is 31.2 Å². The molecule has 2 bridgehead atoms. The van der Waals surface area contributed by atoms with E-state index in [1.807, 2.05) is 18.2 Å². The zero-order valence-corrected chi connectivity index (χ0v) is 11.4. The van der Waals surface area contributed by atoms with Crippen LogP contribution in [0.4, 0.5) is 11.4 Å². The molecule has 20 heavy (non-hydrogen) atoms. The molecule has 4 rings (SSSR count). The molecule has 1 aromatic carbocycles. The fraction of sp³-hybridized carbons (Fsp3) is 0.500. The van der Waals surface area contributed by atoms with Crippen molar-refractivity contribution in [3.05, 3.63) is 23.8 Å². The van der Waals surface area contributed by atoms with Crippen molar-refractivity contribution >= 4 is 23.2 Å². The summed E-state index contributed by atoms with van der Waals surface area (Å²) >= 11 is 0. The summed E-state index contributed by atoms with van der Waals surface area (Å²) in [4.78, 5) is 26.3. The van der Waals surface area contributed by atoms with Gasteiger partial charge in [-0.05, 0) is 49.8 Å². The summed E-state index contributed by atoms with van der Waals surface area (Å²) in [5.41, 5.74) is 3.09. The molecule has 2 atom stereocenters. The van der Waals surface area contributed by atoms with E-state index in [0.717, 1.165) is 50.0 Å². The van der Waals surface area contributed by atoms with Crippen LogP contribution in [0, 0.1) is 11.8 Å². The predicted octanol–water partition coefficient (Wildman–Crippen LogP) is 2.33. The topological polar surface area (TPSA) is 49.4 Å². The van der Waals surface area contributed by atoms with Crippen LogP contribution in [0.25, 0.3) is 0 Å². The molecular formula is C16H18N2O2. The number of carbonyl (C=O) groups excluding carboxylic acids is 2. The molecular weight excluding hydrogens is 252 g/mol. The van der Waals surface area contributed by atoms with Crippen LogP contribution in [0.5, 0.6) is 0 Å². The van der Waals surface area contributed by atoms with Gasteiger partial charge < -0.3 is 5.32 Å². The Morgan fingerprint density at radius 3 is 2.60 bits per heavy atom. The predicted molar refractivity (Wildman–Crippen MR) is 76.6 cm³/mol. The summed E-state index contributed by atoms with van der Waals surface area (Å²) in [5.74, 6) is 0.113. The van der Waals surface area contributed by atoms with Crippen molar-refractivity contribution in [2.24, 2.45) is 11.8 Å². The van der Waals surface area contributed by atoms with Crippen LogP contribution < -0.4 is 10.2 Å². The maximum Gasteiger partial charge on any atom is 0.236 e. The van der Waals surface area contributed by atoms with Gasteiger partial charge in [-0.2, -0.15) is 0 Å². The molecule has 0 spiro atoms.